The molecule has 0 bridgehead atoms. The van der Waals surface area contributed by atoms with Gasteiger partial charge in [-0.15, -0.1) is 4.91 Å². The molecule has 2 aromatic heterocycles. The molecule has 1 N–H and O–H groups in total. The Kier molecular flexibility index (Phi) is 2.26. The third-order valence-electron chi connectivity index (χ3n) is 1.87. The van der Waals surface area contributed by atoms with Crippen molar-refractivity contribution in [3.63, 3.8) is 0 Å². The van der Waals surface area contributed by atoms with Crippen molar-refractivity contribution in [2.45, 2.75) is 6.18 Å². The molecule has 0 spiro atoms. The van der Waals surface area contributed by atoms with Crippen LogP contribution in [0.25, 0.3) is 11.5 Å². The van der Waals surface area contributed by atoms with Gasteiger partial charge in [0.05, 0.1) is 6.26 Å². The number of rotatable bonds is 2. The molecule has 0 saturated carbocycles. The molecule has 0 aliphatic heterocycles. The van der Waals surface area contributed by atoms with E-state index in [-0.39, 0.29) is 11.5 Å². The van der Waals surface area contributed by atoms with E-state index in [0.29, 0.717) is 0 Å². The zero-order valence-corrected chi connectivity index (χ0v) is 7.58. The first kappa shape index (κ1) is 10.4. The van der Waals surface area contributed by atoms with Crippen molar-refractivity contribution < 1.29 is 17.6 Å². The van der Waals surface area contributed by atoms with E-state index >= 15 is 0 Å². The predicted octanol–water partition coefficient (Wildman–Crippen LogP) is 3.09. The van der Waals surface area contributed by atoms with E-state index in [9.17, 15) is 18.1 Å². The van der Waals surface area contributed by atoms with Crippen LogP contribution in [0.3, 0.4) is 0 Å². The first-order valence-electron chi connectivity index (χ1n) is 4.07. The maximum Gasteiger partial charge on any atom is 0.435 e. The highest BCUT2D eigenvalue weighted by Gasteiger charge is 2.38. The molecule has 0 unspecified atom stereocenters. The topological polar surface area (TPSA) is 71.2 Å². The number of halogens is 3. The third kappa shape index (κ3) is 1.58. The summed E-state index contributed by atoms with van der Waals surface area (Å²) in [6, 6.07) is 2.84. The Bertz CT molecular complexity index is 501. The molecule has 0 aromatic carbocycles. The first-order valence-corrected chi connectivity index (χ1v) is 4.07. The van der Waals surface area contributed by atoms with E-state index in [2.05, 4.69) is 10.3 Å². The lowest BCUT2D eigenvalue weighted by Gasteiger charge is -2.01. The van der Waals surface area contributed by atoms with Crippen LogP contribution in [0.2, 0.25) is 0 Å². The molecule has 2 rings (SSSR count). The van der Waals surface area contributed by atoms with Crippen molar-refractivity contribution in [1.29, 1.82) is 0 Å². The zero-order chi connectivity index (χ0) is 11.8. The van der Waals surface area contributed by atoms with Crippen LogP contribution in [0.15, 0.2) is 28.0 Å². The minimum absolute atomic E-state index is 0.0429. The van der Waals surface area contributed by atoms with Gasteiger partial charge in [-0.05, 0) is 17.3 Å². The molecule has 8 heteroatoms. The number of nitrogens with one attached hydrogen (secondary N) is 1. The van der Waals surface area contributed by atoms with Crippen LogP contribution < -0.4 is 0 Å². The number of alkyl halides is 3. The number of aromatic amines is 1. The van der Waals surface area contributed by atoms with Gasteiger partial charge in [0.2, 0.25) is 0 Å². The number of aromatic nitrogens is 2. The number of nitrogens with zero attached hydrogens (tertiary/aromatic N) is 2. The fraction of sp³-hybridized carbons (Fsp3) is 0.125. The molecule has 16 heavy (non-hydrogen) atoms. The quantitative estimate of drug-likeness (QED) is 0.807. The normalized spacial score (nSPS) is 11.7. The molecule has 5 nitrogen and oxygen atoms in total. The Hall–Kier alpha value is -2.12. The second-order valence-corrected chi connectivity index (χ2v) is 2.86. The van der Waals surface area contributed by atoms with Gasteiger partial charge in [-0.2, -0.15) is 18.3 Å². The number of nitroso groups, excluding NO2 is 1. The summed E-state index contributed by atoms with van der Waals surface area (Å²) >= 11 is 0. The second kappa shape index (κ2) is 3.47. The maximum absolute atomic E-state index is 12.4. The minimum Gasteiger partial charge on any atom is -0.463 e. The molecule has 0 aliphatic rings. The van der Waals surface area contributed by atoms with Gasteiger partial charge < -0.3 is 4.42 Å². The number of furan rings is 1. The Morgan fingerprint density at radius 2 is 2.19 bits per heavy atom. The summed E-state index contributed by atoms with van der Waals surface area (Å²) in [5, 5.41) is 7.42. The summed E-state index contributed by atoms with van der Waals surface area (Å²) in [4.78, 5) is 10.4. The summed E-state index contributed by atoms with van der Waals surface area (Å²) in [5.74, 6) is 0.0429. The molecule has 0 amide bonds. The van der Waals surface area contributed by atoms with Crippen LogP contribution in [-0.4, -0.2) is 10.2 Å². The van der Waals surface area contributed by atoms with Gasteiger partial charge in [-0.1, -0.05) is 0 Å². The highest BCUT2D eigenvalue weighted by atomic mass is 19.4. The van der Waals surface area contributed by atoms with E-state index < -0.39 is 17.6 Å². The highest BCUT2D eigenvalue weighted by molar-refractivity contribution is 5.70. The molecule has 0 atom stereocenters. The fourth-order valence-corrected chi connectivity index (χ4v) is 1.21. The zero-order valence-electron chi connectivity index (χ0n) is 7.58. The SMILES string of the molecule is O=Nc1c(-c2ccco2)n[nH]c1C(F)(F)F. The maximum atomic E-state index is 12.4. The van der Waals surface area contributed by atoms with Crippen molar-refractivity contribution in [3.05, 3.63) is 29.0 Å². The summed E-state index contributed by atoms with van der Waals surface area (Å²) in [6.07, 6.45) is -3.45. The van der Waals surface area contributed by atoms with Gasteiger partial charge in [-0.3, -0.25) is 5.10 Å². The predicted molar refractivity (Wildman–Crippen MR) is 46.7 cm³/mol. The van der Waals surface area contributed by atoms with Crippen molar-refractivity contribution >= 4 is 5.69 Å². The van der Waals surface area contributed by atoms with Gasteiger partial charge in [0, 0.05) is 0 Å². The molecule has 2 heterocycles. The van der Waals surface area contributed by atoms with Crippen LogP contribution in [0.4, 0.5) is 18.9 Å². The Balaban J connectivity index is 2.58. The molecule has 2 aromatic rings. The molecular formula is C8H4F3N3O2. The van der Waals surface area contributed by atoms with Crippen LogP contribution in [0, 0.1) is 4.91 Å². The van der Waals surface area contributed by atoms with E-state index in [1.165, 1.54) is 18.4 Å². The summed E-state index contributed by atoms with van der Waals surface area (Å²) in [5.41, 5.74) is -2.34. The molecule has 84 valence electrons. The smallest absolute Gasteiger partial charge is 0.435 e. The molecule has 0 saturated heterocycles. The molecule has 0 radical (unpaired) electrons. The van der Waals surface area contributed by atoms with E-state index in [1.807, 2.05) is 0 Å². The fourth-order valence-electron chi connectivity index (χ4n) is 1.21. The van der Waals surface area contributed by atoms with Crippen molar-refractivity contribution in [2.24, 2.45) is 5.18 Å². The van der Waals surface area contributed by atoms with Crippen LogP contribution in [0.5, 0.6) is 0 Å². The summed E-state index contributed by atoms with van der Waals surface area (Å²) in [6.45, 7) is 0. The van der Waals surface area contributed by atoms with Crippen molar-refractivity contribution in [1.82, 2.24) is 10.2 Å². The van der Waals surface area contributed by atoms with Crippen molar-refractivity contribution in [2.75, 3.05) is 0 Å². The van der Waals surface area contributed by atoms with Crippen LogP contribution in [0.1, 0.15) is 5.69 Å². The highest BCUT2D eigenvalue weighted by Crippen LogP contribution is 2.40. The van der Waals surface area contributed by atoms with Gasteiger partial charge in [0.25, 0.3) is 0 Å². The van der Waals surface area contributed by atoms with Gasteiger partial charge >= 0.3 is 6.18 Å². The third-order valence-corrected chi connectivity index (χ3v) is 1.87. The summed E-state index contributed by atoms with van der Waals surface area (Å²) < 4.78 is 42.0. The average molecular weight is 231 g/mol. The number of hydrogen-bond donors (Lipinski definition) is 1. The van der Waals surface area contributed by atoms with Crippen molar-refractivity contribution in [3.8, 4) is 11.5 Å². The molecule has 0 aliphatic carbocycles. The number of H-pyrrole nitrogens is 1. The molecule has 0 fully saturated rings. The van der Waals surface area contributed by atoms with E-state index in [1.54, 1.807) is 5.10 Å². The standard InChI is InChI=1S/C8H4F3N3O2/c9-8(10,11)7-6(14-15)5(12-13-7)4-2-1-3-16-4/h1-3H,(H,12,13). The average Bonchev–Trinajstić information content (AvgIpc) is 2.84. The number of hydrogen-bond acceptors (Lipinski definition) is 4. The van der Waals surface area contributed by atoms with Gasteiger partial charge in [0.1, 0.15) is 0 Å². The lowest BCUT2D eigenvalue weighted by molar-refractivity contribution is -0.140. The lowest BCUT2D eigenvalue weighted by Crippen LogP contribution is -2.05. The minimum atomic E-state index is -4.71. The van der Waals surface area contributed by atoms with Crippen LogP contribution in [-0.2, 0) is 6.18 Å². The van der Waals surface area contributed by atoms with Crippen LogP contribution >= 0.6 is 0 Å². The Morgan fingerprint density at radius 1 is 1.44 bits per heavy atom. The largest absolute Gasteiger partial charge is 0.463 e. The van der Waals surface area contributed by atoms with Gasteiger partial charge in [0.15, 0.2) is 22.8 Å². The lowest BCUT2D eigenvalue weighted by atomic mass is 10.2. The van der Waals surface area contributed by atoms with E-state index in [0.717, 1.165) is 0 Å². The monoisotopic (exact) mass is 231 g/mol. The second-order valence-electron chi connectivity index (χ2n) is 2.86. The van der Waals surface area contributed by atoms with E-state index in [4.69, 9.17) is 4.42 Å². The summed E-state index contributed by atoms with van der Waals surface area (Å²) in [7, 11) is 0. The van der Waals surface area contributed by atoms with Gasteiger partial charge in [-0.25, -0.2) is 0 Å². The Labute approximate surface area is 86.2 Å². The molecular weight excluding hydrogens is 227 g/mol. The first-order chi connectivity index (χ1) is 7.54. The Morgan fingerprint density at radius 3 is 2.69 bits per heavy atom.